The van der Waals surface area contributed by atoms with Gasteiger partial charge in [-0.05, 0) is 54.8 Å². The zero-order chi connectivity index (χ0) is 20.4. The highest BCUT2D eigenvalue weighted by molar-refractivity contribution is 6.30. The molecule has 2 aromatic carbocycles. The van der Waals surface area contributed by atoms with Gasteiger partial charge in [-0.3, -0.25) is 4.79 Å². The van der Waals surface area contributed by atoms with Gasteiger partial charge in [-0.15, -0.1) is 0 Å². The van der Waals surface area contributed by atoms with Crippen LogP contribution in [-0.2, 0) is 9.53 Å². The molecule has 6 heteroatoms. The van der Waals surface area contributed by atoms with Crippen molar-refractivity contribution in [3.05, 3.63) is 64.7 Å². The van der Waals surface area contributed by atoms with Crippen LogP contribution in [0.2, 0.25) is 5.02 Å². The van der Waals surface area contributed by atoms with Crippen LogP contribution < -0.4 is 4.74 Å². The summed E-state index contributed by atoms with van der Waals surface area (Å²) in [6, 6.07) is 14.4. The average molecular weight is 414 g/mol. The van der Waals surface area contributed by atoms with E-state index in [2.05, 4.69) is 0 Å². The standard InChI is InChI=1S/C23H24ClNO4/c1-28-23(27)16-9-7-15(8-10-16)20-21(29-19-13-11-17(24)12-14-19)22(26)25(20)18-5-3-2-4-6-18/h7-14,18,20-21H,2-6H2,1H3. The van der Waals surface area contributed by atoms with E-state index >= 15 is 0 Å². The maximum Gasteiger partial charge on any atom is 0.337 e. The Morgan fingerprint density at radius 3 is 2.28 bits per heavy atom. The summed E-state index contributed by atoms with van der Waals surface area (Å²) in [5, 5.41) is 0.621. The van der Waals surface area contributed by atoms with Gasteiger partial charge >= 0.3 is 5.97 Å². The van der Waals surface area contributed by atoms with Crippen molar-refractivity contribution in [3.8, 4) is 5.75 Å². The summed E-state index contributed by atoms with van der Waals surface area (Å²) in [5.41, 5.74) is 1.45. The highest BCUT2D eigenvalue weighted by Crippen LogP contribution is 2.42. The second-order valence-corrected chi connectivity index (χ2v) is 8.02. The molecule has 2 aliphatic rings. The summed E-state index contributed by atoms with van der Waals surface area (Å²) in [4.78, 5) is 26.8. The molecule has 2 aromatic rings. The number of nitrogens with zero attached hydrogens (tertiary/aromatic N) is 1. The third kappa shape index (κ3) is 3.97. The SMILES string of the molecule is COC(=O)c1ccc(C2C(Oc3ccc(Cl)cc3)C(=O)N2C2CCCCC2)cc1. The number of methoxy groups -OCH3 is 1. The lowest BCUT2D eigenvalue weighted by atomic mass is 9.84. The van der Waals surface area contributed by atoms with Gasteiger partial charge in [-0.2, -0.15) is 0 Å². The van der Waals surface area contributed by atoms with Gasteiger partial charge in [0.2, 0.25) is 6.10 Å². The summed E-state index contributed by atoms with van der Waals surface area (Å²) in [7, 11) is 1.36. The van der Waals surface area contributed by atoms with Crippen LogP contribution in [0.3, 0.4) is 0 Å². The van der Waals surface area contributed by atoms with Crippen LogP contribution in [0.25, 0.3) is 0 Å². The Hall–Kier alpha value is -2.53. The molecule has 1 aliphatic heterocycles. The maximum absolute atomic E-state index is 13.0. The van der Waals surface area contributed by atoms with Gasteiger partial charge in [-0.25, -0.2) is 4.79 Å². The first-order chi connectivity index (χ1) is 14.1. The Kier molecular flexibility index (Phi) is 5.76. The van der Waals surface area contributed by atoms with Gasteiger partial charge in [0.05, 0.1) is 12.7 Å². The van der Waals surface area contributed by atoms with Crippen molar-refractivity contribution >= 4 is 23.5 Å². The van der Waals surface area contributed by atoms with Crippen LogP contribution in [-0.4, -0.2) is 36.0 Å². The van der Waals surface area contributed by atoms with Crippen molar-refractivity contribution < 1.29 is 19.1 Å². The molecule has 4 rings (SSSR count). The Bertz CT molecular complexity index is 875. The highest BCUT2D eigenvalue weighted by Gasteiger charge is 2.52. The number of rotatable bonds is 5. The smallest absolute Gasteiger partial charge is 0.337 e. The van der Waals surface area contributed by atoms with E-state index in [9.17, 15) is 9.59 Å². The molecule has 1 aliphatic carbocycles. The fourth-order valence-electron chi connectivity index (χ4n) is 4.29. The van der Waals surface area contributed by atoms with Crippen LogP contribution in [0.4, 0.5) is 0 Å². The van der Waals surface area contributed by atoms with E-state index in [0.29, 0.717) is 16.3 Å². The van der Waals surface area contributed by atoms with Gasteiger partial charge in [0.1, 0.15) is 11.8 Å². The Morgan fingerprint density at radius 2 is 1.66 bits per heavy atom. The summed E-state index contributed by atoms with van der Waals surface area (Å²) in [6.45, 7) is 0. The molecule has 152 valence electrons. The van der Waals surface area contributed by atoms with E-state index < -0.39 is 6.10 Å². The van der Waals surface area contributed by atoms with E-state index in [1.165, 1.54) is 13.5 Å². The fourth-order valence-corrected chi connectivity index (χ4v) is 4.42. The molecular formula is C23H24ClNO4. The van der Waals surface area contributed by atoms with Crippen molar-refractivity contribution in [3.63, 3.8) is 0 Å². The highest BCUT2D eigenvalue weighted by atomic mass is 35.5. The molecule has 0 N–H and O–H groups in total. The number of likely N-dealkylation sites (tertiary alicyclic amines) is 1. The maximum atomic E-state index is 13.0. The third-order valence-electron chi connectivity index (χ3n) is 5.80. The van der Waals surface area contributed by atoms with Crippen LogP contribution in [0.1, 0.15) is 54.1 Å². The minimum absolute atomic E-state index is 0.0221. The molecule has 1 saturated carbocycles. The average Bonchev–Trinajstić information content (AvgIpc) is 2.77. The van der Waals surface area contributed by atoms with E-state index in [1.54, 1.807) is 36.4 Å². The predicted octanol–water partition coefficient (Wildman–Crippen LogP) is 4.79. The van der Waals surface area contributed by atoms with Gasteiger partial charge in [-0.1, -0.05) is 43.0 Å². The molecule has 2 fully saturated rings. The third-order valence-corrected chi connectivity index (χ3v) is 6.05. The zero-order valence-corrected chi connectivity index (χ0v) is 17.1. The Labute approximate surface area is 175 Å². The van der Waals surface area contributed by atoms with E-state index in [0.717, 1.165) is 31.2 Å². The molecule has 29 heavy (non-hydrogen) atoms. The molecule has 0 aromatic heterocycles. The number of esters is 1. The molecule has 1 amide bonds. The second-order valence-electron chi connectivity index (χ2n) is 7.59. The number of β-lactam (4-membered cyclic amide) rings is 1. The molecule has 2 atom stereocenters. The zero-order valence-electron chi connectivity index (χ0n) is 16.3. The number of ether oxygens (including phenoxy) is 2. The lowest BCUT2D eigenvalue weighted by molar-refractivity contribution is -0.170. The molecule has 2 unspecified atom stereocenters. The second kappa shape index (κ2) is 8.46. The van der Waals surface area contributed by atoms with Gasteiger partial charge < -0.3 is 14.4 Å². The molecular weight excluding hydrogens is 390 g/mol. The molecule has 0 spiro atoms. The number of amides is 1. The van der Waals surface area contributed by atoms with Crippen molar-refractivity contribution in [1.29, 1.82) is 0 Å². The van der Waals surface area contributed by atoms with Gasteiger partial charge in [0.25, 0.3) is 5.91 Å². The van der Waals surface area contributed by atoms with Crippen LogP contribution in [0.5, 0.6) is 5.75 Å². The minimum Gasteiger partial charge on any atom is -0.478 e. The summed E-state index contributed by atoms with van der Waals surface area (Å²) < 4.78 is 10.8. The molecule has 1 heterocycles. The van der Waals surface area contributed by atoms with E-state index in [1.807, 2.05) is 17.0 Å². The van der Waals surface area contributed by atoms with E-state index in [4.69, 9.17) is 21.1 Å². The largest absolute Gasteiger partial charge is 0.478 e. The minimum atomic E-state index is -0.581. The topological polar surface area (TPSA) is 55.8 Å². The van der Waals surface area contributed by atoms with Gasteiger partial charge in [0.15, 0.2) is 0 Å². The van der Waals surface area contributed by atoms with Crippen molar-refractivity contribution in [2.75, 3.05) is 7.11 Å². The molecule has 0 bridgehead atoms. The number of hydrogen-bond donors (Lipinski definition) is 0. The molecule has 5 nitrogen and oxygen atoms in total. The quantitative estimate of drug-likeness (QED) is 0.522. The first kappa shape index (κ1) is 19.8. The lowest BCUT2D eigenvalue weighted by Gasteiger charge is -2.51. The molecule has 0 radical (unpaired) electrons. The van der Waals surface area contributed by atoms with Crippen LogP contribution >= 0.6 is 11.6 Å². The number of hydrogen-bond acceptors (Lipinski definition) is 4. The predicted molar refractivity (Wildman–Crippen MR) is 110 cm³/mol. The Morgan fingerprint density at radius 1 is 1.00 bits per heavy atom. The number of carbonyl (C=O) groups excluding carboxylic acids is 2. The Balaban J connectivity index is 1.60. The first-order valence-electron chi connectivity index (χ1n) is 10.0. The fraction of sp³-hybridized carbons (Fsp3) is 0.391. The lowest BCUT2D eigenvalue weighted by Crippen LogP contribution is -2.64. The summed E-state index contributed by atoms with van der Waals surface area (Å²) >= 11 is 5.96. The normalized spacial score (nSPS) is 22.1. The van der Waals surface area contributed by atoms with E-state index in [-0.39, 0.29) is 24.0 Å². The van der Waals surface area contributed by atoms with Crippen molar-refractivity contribution in [1.82, 2.24) is 4.90 Å². The van der Waals surface area contributed by atoms with Crippen LogP contribution in [0.15, 0.2) is 48.5 Å². The van der Waals surface area contributed by atoms with Gasteiger partial charge in [0, 0.05) is 11.1 Å². The van der Waals surface area contributed by atoms with Crippen molar-refractivity contribution in [2.45, 2.75) is 50.3 Å². The van der Waals surface area contributed by atoms with Crippen molar-refractivity contribution in [2.24, 2.45) is 0 Å². The monoisotopic (exact) mass is 413 g/mol. The first-order valence-corrected chi connectivity index (χ1v) is 10.4. The number of benzene rings is 2. The number of halogens is 1. The summed E-state index contributed by atoms with van der Waals surface area (Å²) in [6.07, 6.45) is 4.98. The van der Waals surface area contributed by atoms with Crippen LogP contribution in [0, 0.1) is 0 Å². The molecule has 1 saturated heterocycles. The number of carbonyl (C=O) groups is 2. The summed E-state index contributed by atoms with van der Waals surface area (Å²) in [5.74, 6) is 0.264.